The number of nitrogens with one attached hydrogen (secondary N) is 1. The van der Waals surface area contributed by atoms with Gasteiger partial charge in [0, 0.05) is 13.6 Å². The van der Waals surface area contributed by atoms with Crippen LogP contribution in [0.3, 0.4) is 0 Å². The van der Waals surface area contributed by atoms with E-state index in [1.807, 2.05) is 38.1 Å². The molecule has 1 N–H and O–H groups in total. The number of nitrogens with zero attached hydrogens (tertiary/aromatic N) is 2. The van der Waals surface area contributed by atoms with Crippen molar-refractivity contribution in [2.45, 2.75) is 38.3 Å². The van der Waals surface area contributed by atoms with Crippen LogP contribution < -0.4 is 14.4 Å². The molecular weight excluding hydrogens is 490 g/mol. The van der Waals surface area contributed by atoms with E-state index in [4.69, 9.17) is 4.74 Å². The number of rotatable bonds is 11. The topological polar surface area (TPSA) is 96.0 Å². The van der Waals surface area contributed by atoms with Crippen LogP contribution in [0.5, 0.6) is 5.75 Å². The normalized spacial score (nSPS) is 11.9. The standard InChI is InChI=1S/C28H33N3O5S/c1-5-36-25-17-15-24(16-18-25)31(37(34,35)26-13-7-6-8-14-26)20-27(32)30(22(3)28(33)29-4)19-23-12-10-9-11-21(23)2/h6-18,22H,5,19-20H2,1-4H3,(H,29,33)/t22-/m0/s1. The fourth-order valence-corrected chi connectivity index (χ4v) is 5.32. The molecule has 196 valence electrons. The van der Waals surface area contributed by atoms with Crippen molar-refractivity contribution in [1.82, 2.24) is 10.2 Å². The van der Waals surface area contributed by atoms with Gasteiger partial charge in [-0.15, -0.1) is 0 Å². The van der Waals surface area contributed by atoms with Gasteiger partial charge in [0.05, 0.1) is 17.2 Å². The van der Waals surface area contributed by atoms with Gasteiger partial charge >= 0.3 is 0 Å². The Balaban J connectivity index is 2.02. The van der Waals surface area contributed by atoms with Crippen molar-refractivity contribution in [3.8, 4) is 5.75 Å². The van der Waals surface area contributed by atoms with Gasteiger partial charge in [-0.3, -0.25) is 13.9 Å². The minimum atomic E-state index is -4.10. The molecule has 2 amide bonds. The Morgan fingerprint density at radius 3 is 2.16 bits per heavy atom. The highest BCUT2D eigenvalue weighted by Gasteiger charge is 2.32. The summed E-state index contributed by atoms with van der Waals surface area (Å²) in [5.74, 6) is -0.266. The average Bonchev–Trinajstić information content (AvgIpc) is 2.91. The van der Waals surface area contributed by atoms with Gasteiger partial charge in [-0.2, -0.15) is 0 Å². The largest absolute Gasteiger partial charge is 0.494 e. The third-order valence-corrected chi connectivity index (χ3v) is 7.85. The zero-order chi connectivity index (χ0) is 27.0. The van der Waals surface area contributed by atoms with Gasteiger partial charge in [0.15, 0.2) is 0 Å². The van der Waals surface area contributed by atoms with Crippen LogP contribution in [-0.2, 0) is 26.2 Å². The maximum Gasteiger partial charge on any atom is 0.264 e. The molecule has 3 rings (SSSR count). The molecule has 0 aliphatic heterocycles. The molecule has 0 fully saturated rings. The van der Waals surface area contributed by atoms with E-state index in [2.05, 4.69) is 5.32 Å². The molecule has 0 unspecified atom stereocenters. The van der Waals surface area contributed by atoms with Crippen LogP contribution in [0.2, 0.25) is 0 Å². The van der Waals surface area contributed by atoms with Gasteiger partial charge in [0.2, 0.25) is 11.8 Å². The summed E-state index contributed by atoms with van der Waals surface area (Å²) in [5, 5.41) is 2.58. The zero-order valence-corrected chi connectivity index (χ0v) is 22.4. The van der Waals surface area contributed by atoms with E-state index in [-0.39, 0.29) is 17.3 Å². The predicted octanol–water partition coefficient (Wildman–Crippen LogP) is 3.75. The number of hydrogen-bond donors (Lipinski definition) is 1. The van der Waals surface area contributed by atoms with Crippen LogP contribution in [0.15, 0.2) is 83.8 Å². The van der Waals surface area contributed by atoms with Crippen molar-refractivity contribution >= 4 is 27.5 Å². The Morgan fingerprint density at radius 1 is 0.946 bits per heavy atom. The van der Waals surface area contributed by atoms with Gasteiger partial charge in [-0.05, 0) is 68.3 Å². The quantitative estimate of drug-likeness (QED) is 0.413. The van der Waals surface area contributed by atoms with Gasteiger partial charge in [0.25, 0.3) is 10.0 Å². The maximum atomic E-state index is 13.8. The minimum Gasteiger partial charge on any atom is -0.494 e. The van der Waals surface area contributed by atoms with Gasteiger partial charge in [-0.1, -0.05) is 42.5 Å². The molecule has 0 saturated carbocycles. The maximum absolute atomic E-state index is 13.8. The molecule has 0 aromatic heterocycles. The Bertz CT molecular complexity index is 1310. The lowest BCUT2D eigenvalue weighted by atomic mass is 10.1. The van der Waals surface area contributed by atoms with Crippen LogP contribution in [-0.4, -0.2) is 51.4 Å². The van der Waals surface area contributed by atoms with Crippen LogP contribution >= 0.6 is 0 Å². The van der Waals surface area contributed by atoms with Crippen LogP contribution in [0, 0.1) is 6.92 Å². The van der Waals surface area contributed by atoms with Crippen molar-refractivity contribution in [3.05, 3.63) is 90.0 Å². The van der Waals surface area contributed by atoms with Gasteiger partial charge in [-0.25, -0.2) is 8.42 Å². The summed E-state index contributed by atoms with van der Waals surface area (Å²) in [6.07, 6.45) is 0. The zero-order valence-electron chi connectivity index (χ0n) is 21.5. The summed E-state index contributed by atoms with van der Waals surface area (Å²) < 4.78 is 34.0. The summed E-state index contributed by atoms with van der Waals surface area (Å²) in [6, 6.07) is 21.2. The number of benzene rings is 3. The molecule has 0 radical (unpaired) electrons. The van der Waals surface area contributed by atoms with E-state index < -0.39 is 28.5 Å². The Labute approximate surface area is 218 Å². The lowest BCUT2D eigenvalue weighted by molar-refractivity contribution is -0.139. The SMILES string of the molecule is CCOc1ccc(N(CC(=O)N(Cc2ccccc2C)[C@@H](C)C(=O)NC)S(=O)(=O)c2ccccc2)cc1. The summed E-state index contributed by atoms with van der Waals surface area (Å²) >= 11 is 0. The first-order valence-corrected chi connectivity index (χ1v) is 13.5. The lowest BCUT2D eigenvalue weighted by Gasteiger charge is -2.32. The average molecular weight is 524 g/mol. The summed E-state index contributed by atoms with van der Waals surface area (Å²) in [6.45, 7) is 5.54. The minimum absolute atomic E-state index is 0.0569. The van der Waals surface area contributed by atoms with Crippen molar-refractivity contribution in [2.75, 3.05) is 24.5 Å². The lowest BCUT2D eigenvalue weighted by Crippen LogP contribution is -2.50. The molecule has 0 heterocycles. The Morgan fingerprint density at radius 2 is 1.57 bits per heavy atom. The third kappa shape index (κ3) is 6.68. The predicted molar refractivity (Wildman–Crippen MR) is 144 cm³/mol. The van der Waals surface area contributed by atoms with E-state index >= 15 is 0 Å². The highest BCUT2D eigenvalue weighted by Crippen LogP contribution is 2.26. The highest BCUT2D eigenvalue weighted by molar-refractivity contribution is 7.92. The molecular formula is C28H33N3O5S. The van der Waals surface area contributed by atoms with Gasteiger partial charge < -0.3 is 15.0 Å². The second-order valence-corrected chi connectivity index (χ2v) is 10.4. The summed E-state index contributed by atoms with van der Waals surface area (Å²) in [4.78, 5) is 27.8. The molecule has 9 heteroatoms. The number of anilines is 1. The van der Waals surface area contributed by atoms with Crippen LogP contribution in [0.25, 0.3) is 0 Å². The van der Waals surface area contributed by atoms with Gasteiger partial charge in [0.1, 0.15) is 18.3 Å². The number of aryl methyl sites for hydroxylation is 1. The molecule has 0 saturated heterocycles. The van der Waals surface area contributed by atoms with E-state index in [0.29, 0.717) is 18.0 Å². The van der Waals surface area contributed by atoms with Crippen LogP contribution in [0.4, 0.5) is 5.69 Å². The number of carbonyl (C=O) groups excluding carboxylic acids is 2. The number of hydrogen-bond acceptors (Lipinski definition) is 5. The monoisotopic (exact) mass is 523 g/mol. The Kier molecular flexibility index (Phi) is 9.30. The molecule has 1 atom stereocenters. The summed E-state index contributed by atoms with van der Waals surface area (Å²) in [5.41, 5.74) is 2.14. The molecule has 37 heavy (non-hydrogen) atoms. The first kappa shape index (κ1) is 27.7. The summed E-state index contributed by atoms with van der Waals surface area (Å²) in [7, 11) is -2.59. The van der Waals surface area contributed by atoms with E-state index in [1.165, 1.54) is 24.1 Å². The molecule has 8 nitrogen and oxygen atoms in total. The third-order valence-electron chi connectivity index (χ3n) is 6.06. The molecule has 0 aliphatic carbocycles. The Hall–Kier alpha value is -3.85. The van der Waals surface area contributed by atoms with Crippen molar-refractivity contribution < 1.29 is 22.7 Å². The molecule has 0 spiro atoms. The van der Waals surface area contributed by atoms with Crippen molar-refractivity contribution in [2.24, 2.45) is 0 Å². The van der Waals surface area contributed by atoms with Crippen molar-refractivity contribution in [3.63, 3.8) is 0 Å². The fraction of sp³-hybridized carbons (Fsp3) is 0.286. The van der Waals surface area contributed by atoms with Crippen LogP contribution in [0.1, 0.15) is 25.0 Å². The molecule has 0 bridgehead atoms. The number of carbonyl (C=O) groups is 2. The molecule has 3 aromatic rings. The second-order valence-electron chi connectivity index (χ2n) is 8.49. The smallest absolute Gasteiger partial charge is 0.264 e. The fourth-order valence-electron chi connectivity index (χ4n) is 3.89. The second kappa shape index (κ2) is 12.4. The molecule has 3 aromatic carbocycles. The first-order chi connectivity index (χ1) is 17.7. The van der Waals surface area contributed by atoms with E-state index in [1.54, 1.807) is 49.4 Å². The highest BCUT2D eigenvalue weighted by atomic mass is 32.2. The number of sulfonamides is 1. The first-order valence-electron chi connectivity index (χ1n) is 12.0. The number of amides is 2. The van der Waals surface area contributed by atoms with E-state index in [9.17, 15) is 18.0 Å². The van der Waals surface area contributed by atoms with Crippen molar-refractivity contribution in [1.29, 1.82) is 0 Å². The number of likely N-dealkylation sites (N-methyl/N-ethyl adjacent to an activating group) is 1. The van der Waals surface area contributed by atoms with E-state index in [0.717, 1.165) is 15.4 Å². The molecule has 0 aliphatic rings. The number of ether oxygens (including phenoxy) is 1.